The van der Waals surface area contributed by atoms with Gasteiger partial charge in [0.1, 0.15) is 11.5 Å². The summed E-state index contributed by atoms with van der Waals surface area (Å²) < 4.78 is 11.3. The van der Waals surface area contributed by atoms with E-state index < -0.39 is 6.10 Å². The predicted molar refractivity (Wildman–Crippen MR) is 103 cm³/mol. The fourth-order valence-corrected chi connectivity index (χ4v) is 2.85. The number of amides is 2. The first-order valence-corrected chi connectivity index (χ1v) is 9.18. The lowest BCUT2D eigenvalue weighted by Gasteiger charge is -2.34. The Morgan fingerprint density at radius 1 is 1.22 bits per heavy atom. The number of carbonyl (C=O) groups excluding carboxylic acids is 2. The number of ether oxygens (including phenoxy) is 2. The number of anilines is 1. The van der Waals surface area contributed by atoms with E-state index >= 15 is 0 Å². The van der Waals surface area contributed by atoms with Crippen LogP contribution in [0.1, 0.15) is 13.3 Å². The van der Waals surface area contributed by atoms with Crippen molar-refractivity contribution in [2.75, 3.05) is 24.6 Å². The summed E-state index contributed by atoms with van der Waals surface area (Å²) in [6.07, 6.45) is 0.0676. The van der Waals surface area contributed by atoms with Gasteiger partial charge in [0, 0.05) is 11.6 Å². The highest BCUT2D eigenvalue weighted by Crippen LogP contribution is 2.33. The summed E-state index contributed by atoms with van der Waals surface area (Å²) in [7, 11) is 0. The normalized spacial score (nSPS) is 15.5. The minimum Gasteiger partial charge on any atom is -0.484 e. The minimum absolute atomic E-state index is 0.134. The Morgan fingerprint density at radius 3 is 2.70 bits per heavy atom. The van der Waals surface area contributed by atoms with Crippen LogP contribution in [-0.2, 0) is 9.59 Å². The topological polar surface area (TPSA) is 67.9 Å². The summed E-state index contributed by atoms with van der Waals surface area (Å²) in [5.41, 5.74) is 0.627. The zero-order chi connectivity index (χ0) is 19.2. The molecule has 1 aliphatic rings. The first kappa shape index (κ1) is 19.0. The molecule has 1 heterocycles. The molecule has 1 atom stereocenters. The number of nitrogens with zero attached hydrogens (tertiary/aromatic N) is 1. The Kier molecular flexibility index (Phi) is 6.19. The molecule has 3 rings (SSSR count). The summed E-state index contributed by atoms with van der Waals surface area (Å²) in [6.45, 7) is 2.52. The van der Waals surface area contributed by atoms with E-state index in [-0.39, 0.29) is 25.0 Å². The lowest BCUT2D eigenvalue weighted by Crippen LogP contribution is -2.51. The van der Waals surface area contributed by atoms with Crippen LogP contribution in [0.25, 0.3) is 0 Å². The van der Waals surface area contributed by atoms with Gasteiger partial charge in [0.15, 0.2) is 12.7 Å². The number of para-hydroxylation sites is 2. The van der Waals surface area contributed by atoms with Gasteiger partial charge in [0.05, 0.1) is 12.2 Å². The highest BCUT2D eigenvalue weighted by Gasteiger charge is 2.33. The maximum Gasteiger partial charge on any atom is 0.265 e. The van der Waals surface area contributed by atoms with Crippen LogP contribution >= 0.6 is 11.6 Å². The van der Waals surface area contributed by atoms with Crippen molar-refractivity contribution in [1.82, 2.24) is 5.32 Å². The second-order valence-electron chi connectivity index (χ2n) is 6.11. The number of nitrogens with one attached hydrogen (secondary N) is 1. The van der Waals surface area contributed by atoms with Crippen LogP contribution in [0.5, 0.6) is 11.5 Å². The van der Waals surface area contributed by atoms with E-state index in [1.165, 1.54) is 4.90 Å². The molecule has 1 aliphatic heterocycles. The van der Waals surface area contributed by atoms with Crippen molar-refractivity contribution in [2.24, 2.45) is 0 Å². The summed E-state index contributed by atoms with van der Waals surface area (Å²) >= 11 is 5.85. The molecule has 2 amide bonds. The summed E-state index contributed by atoms with van der Waals surface area (Å²) in [5, 5.41) is 3.40. The molecule has 0 saturated carbocycles. The molecule has 0 saturated heterocycles. The first-order chi connectivity index (χ1) is 13.1. The molecule has 142 valence electrons. The van der Waals surface area contributed by atoms with Gasteiger partial charge in [-0.2, -0.15) is 0 Å². The van der Waals surface area contributed by atoms with Crippen LogP contribution in [0.2, 0.25) is 5.02 Å². The molecule has 2 aromatic rings. The van der Waals surface area contributed by atoms with Crippen LogP contribution < -0.4 is 19.7 Å². The molecule has 0 unspecified atom stereocenters. The fraction of sp³-hybridized carbons (Fsp3) is 0.300. The van der Waals surface area contributed by atoms with E-state index in [9.17, 15) is 9.59 Å². The average molecular weight is 389 g/mol. The molecule has 0 bridgehead atoms. The Hall–Kier alpha value is -2.73. The minimum atomic E-state index is -0.758. The SMILES string of the molecule is CCCNC(=O)[C@@H]1CN(C(=O)COc2ccc(Cl)cc2)c2ccccc2O1. The van der Waals surface area contributed by atoms with Crippen LogP contribution in [-0.4, -0.2) is 37.6 Å². The van der Waals surface area contributed by atoms with Gasteiger partial charge in [-0.05, 0) is 42.8 Å². The summed E-state index contributed by atoms with van der Waals surface area (Å²) in [5.74, 6) is 0.559. The van der Waals surface area contributed by atoms with Crippen molar-refractivity contribution >= 4 is 29.1 Å². The Labute approximate surface area is 163 Å². The van der Waals surface area contributed by atoms with Crippen molar-refractivity contribution in [3.63, 3.8) is 0 Å². The number of halogens is 1. The largest absolute Gasteiger partial charge is 0.484 e. The first-order valence-electron chi connectivity index (χ1n) is 8.80. The standard InChI is InChI=1S/C20H21ClN2O4/c1-2-11-22-20(25)18-12-23(16-5-3-4-6-17(16)27-18)19(24)13-26-15-9-7-14(21)8-10-15/h3-10,18H,2,11-13H2,1H3,(H,22,25)/t18-/m0/s1. The molecule has 0 fully saturated rings. The van der Waals surface area contributed by atoms with Gasteiger partial charge in [-0.25, -0.2) is 0 Å². The van der Waals surface area contributed by atoms with Gasteiger partial charge in [-0.3, -0.25) is 9.59 Å². The summed E-state index contributed by atoms with van der Waals surface area (Å²) in [4.78, 5) is 26.6. The summed E-state index contributed by atoms with van der Waals surface area (Å²) in [6, 6.07) is 13.9. The van der Waals surface area contributed by atoms with E-state index in [2.05, 4.69) is 5.32 Å². The molecule has 0 aromatic heterocycles. The molecular formula is C20H21ClN2O4. The van der Waals surface area contributed by atoms with Crippen LogP contribution in [0.15, 0.2) is 48.5 Å². The van der Waals surface area contributed by atoms with Gasteiger partial charge >= 0.3 is 0 Å². The quantitative estimate of drug-likeness (QED) is 0.825. The molecule has 7 heteroatoms. The second-order valence-corrected chi connectivity index (χ2v) is 6.55. The third-order valence-corrected chi connectivity index (χ3v) is 4.34. The Bertz CT molecular complexity index is 810. The van der Waals surface area contributed by atoms with Gasteiger partial charge in [0.25, 0.3) is 11.8 Å². The lowest BCUT2D eigenvalue weighted by atomic mass is 10.1. The van der Waals surface area contributed by atoms with E-state index in [0.717, 1.165) is 6.42 Å². The average Bonchev–Trinajstić information content (AvgIpc) is 2.70. The molecule has 6 nitrogen and oxygen atoms in total. The zero-order valence-electron chi connectivity index (χ0n) is 15.0. The van der Waals surface area contributed by atoms with Gasteiger partial charge < -0.3 is 19.7 Å². The van der Waals surface area contributed by atoms with Crippen molar-refractivity contribution in [2.45, 2.75) is 19.4 Å². The zero-order valence-corrected chi connectivity index (χ0v) is 15.7. The van der Waals surface area contributed by atoms with E-state index in [1.54, 1.807) is 42.5 Å². The maximum absolute atomic E-state index is 12.8. The number of hydrogen-bond donors (Lipinski definition) is 1. The molecule has 1 N–H and O–H groups in total. The highest BCUT2D eigenvalue weighted by molar-refractivity contribution is 6.30. The molecule has 27 heavy (non-hydrogen) atoms. The molecule has 2 aromatic carbocycles. The second kappa shape index (κ2) is 8.77. The number of fused-ring (bicyclic) bond motifs is 1. The number of carbonyl (C=O) groups is 2. The van der Waals surface area contributed by atoms with Gasteiger partial charge in [-0.15, -0.1) is 0 Å². The van der Waals surface area contributed by atoms with Gasteiger partial charge in [-0.1, -0.05) is 30.7 Å². The molecule has 0 radical (unpaired) electrons. The maximum atomic E-state index is 12.8. The van der Waals surface area contributed by atoms with Crippen molar-refractivity contribution < 1.29 is 19.1 Å². The molecular weight excluding hydrogens is 368 g/mol. The van der Waals surface area contributed by atoms with Crippen LogP contribution in [0.3, 0.4) is 0 Å². The lowest BCUT2D eigenvalue weighted by molar-refractivity contribution is -0.128. The monoisotopic (exact) mass is 388 g/mol. The number of hydrogen-bond acceptors (Lipinski definition) is 4. The molecule has 0 spiro atoms. The Morgan fingerprint density at radius 2 is 1.96 bits per heavy atom. The third kappa shape index (κ3) is 4.71. The smallest absolute Gasteiger partial charge is 0.265 e. The number of rotatable bonds is 6. The van der Waals surface area contributed by atoms with Crippen molar-refractivity contribution in [3.8, 4) is 11.5 Å². The van der Waals surface area contributed by atoms with E-state index in [4.69, 9.17) is 21.1 Å². The van der Waals surface area contributed by atoms with Crippen LogP contribution in [0, 0.1) is 0 Å². The fourth-order valence-electron chi connectivity index (χ4n) is 2.72. The highest BCUT2D eigenvalue weighted by atomic mass is 35.5. The number of benzene rings is 2. The van der Waals surface area contributed by atoms with Gasteiger partial charge in [0.2, 0.25) is 0 Å². The van der Waals surface area contributed by atoms with Crippen molar-refractivity contribution in [3.05, 3.63) is 53.6 Å². The third-order valence-electron chi connectivity index (χ3n) is 4.09. The van der Waals surface area contributed by atoms with E-state index in [0.29, 0.717) is 28.8 Å². The van der Waals surface area contributed by atoms with Crippen molar-refractivity contribution in [1.29, 1.82) is 0 Å². The Balaban J connectivity index is 1.72. The predicted octanol–water partition coefficient (Wildman–Crippen LogP) is 3.04. The van der Waals surface area contributed by atoms with E-state index in [1.807, 2.05) is 13.0 Å². The van der Waals surface area contributed by atoms with Crippen LogP contribution in [0.4, 0.5) is 5.69 Å². The molecule has 0 aliphatic carbocycles.